The first-order valence-corrected chi connectivity index (χ1v) is 8.51. The van der Waals surface area contributed by atoms with Crippen LogP contribution in [0.3, 0.4) is 0 Å². The lowest BCUT2D eigenvalue weighted by molar-refractivity contribution is 0.305. The predicted octanol–water partition coefficient (Wildman–Crippen LogP) is 5.63. The molecule has 0 aliphatic heterocycles. The second-order valence-electron chi connectivity index (χ2n) is 5.69. The average molecular weight is 363 g/mol. The molecule has 0 fully saturated rings. The minimum absolute atomic E-state index is 0.458. The summed E-state index contributed by atoms with van der Waals surface area (Å²) in [5.74, 6) is 1.30. The monoisotopic (exact) mass is 362 g/mol. The van der Waals surface area contributed by atoms with E-state index >= 15 is 0 Å². The second-order valence-corrected chi connectivity index (χ2v) is 6.12. The number of benzene rings is 2. The Balaban J connectivity index is 1.54. The fraction of sp³-hybridized carbons (Fsp3) is 0.0476. The average Bonchev–Trinajstić information content (AvgIpc) is 3.08. The number of aromatic nitrogens is 2. The Bertz CT molecular complexity index is 1060. The number of hydrogen-bond acceptors (Lipinski definition) is 4. The highest BCUT2D eigenvalue weighted by molar-refractivity contribution is 6.31. The molecule has 0 saturated heterocycles. The van der Waals surface area contributed by atoms with Crippen LogP contribution in [0.2, 0.25) is 5.02 Å². The number of pyridine rings is 1. The van der Waals surface area contributed by atoms with Gasteiger partial charge in [0.25, 0.3) is 0 Å². The lowest BCUT2D eigenvalue weighted by Crippen LogP contribution is -1.97. The van der Waals surface area contributed by atoms with Gasteiger partial charge in [0.15, 0.2) is 5.58 Å². The summed E-state index contributed by atoms with van der Waals surface area (Å²) in [4.78, 5) is 8.52. The maximum atomic E-state index is 5.99. The molecule has 4 nitrogen and oxygen atoms in total. The van der Waals surface area contributed by atoms with E-state index in [1.54, 1.807) is 24.5 Å². The predicted molar refractivity (Wildman–Crippen MR) is 103 cm³/mol. The van der Waals surface area contributed by atoms with E-state index in [0.29, 0.717) is 23.1 Å². The van der Waals surface area contributed by atoms with Crippen molar-refractivity contribution in [3.05, 3.63) is 89.0 Å². The molecule has 4 aromatic rings. The summed E-state index contributed by atoms with van der Waals surface area (Å²) in [5, 5.41) is 0.635. The smallest absolute Gasteiger partial charge is 0.220 e. The van der Waals surface area contributed by atoms with Gasteiger partial charge in [-0.15, -0.1) is 0 Å². The summed E-state index contributed by atoms with van der Waals surface area (Å²) in [6.07, 6.45) is 7.28. The van der Waals surface area contributed by atoms with Gasteiger partial charge in [0, 0.05) is 34.6 Å². The standard InChI is InChI=1S/C21H15ClN2O2/c22-17-8-9-20-18(12-17)24-21(26-20)10-7-16-5-1-2-6-19(16)25-14-15-4-3-11-23-13-15/h1-13H,14H2/b10-7-. The lowest BCUT2D eigenvalue weighted by Gasteiger charge is -2.08. The van der Waals surface area contributed by atoms with Crippen molar-refractivity contribution in [2.45, 2.75) is 6.61 Å². The molecule has 0 atom stereocenters. The van der Waals surface area contributed by atoms with Crippen LogP contribution in [0.15, 0.2) is 71.4 Å². The van der Waals surface area contributed by atoms with Crippen molar-refractivity contribution >= 4 is 34.9 Å². The summed E-state index contributed by atoms with van der Waals surface area (Å²) in [7, 11) is 0. The van der Waals surface area contributed by atoms with E-state index < -0.39 is 0 Å². The molecule has 5 heteroatoms. The van der Waals surface area contributed by atoms with Crippen LogP contribution in [0, 0.1) is 0 Å². The first-order chi connectivity index (χ1) is 12.8. The van der Waals surface area contributed by atoms with Crippen molar-refractivity contribution in [1.82, 2.24) is 9.97 Å². The molecule has 2 aromatic heterocycles. The maximum Gasteiger partial charge on any atom is 0.220 e. The zero-order valence-corrected chi connectivity index (χ0v) is 14.6. The Morgan fingerprint density at radius 2 is 1.96 bits per heavy atom. The van der Waals surface area contributed by atoms with Gasteiger partial charge in [0.05, 0.1) is 0 Å². The fourth-order valence-corrected chi connectivity index (χ4v) is 2.71. The number of nitrogens with zero attached hydrogens (tertiary/aromatic N) is 2. The van der Waals surface area contributed by atoms with Crippen LogP contribution >= 0.6 is 11.6 Å². The summed E-state index contributed by atoms with van der Waals surface area (Å²) >= 11 is 5.99. The number of ether oxygens (including phenoxy) is 1. The van der Waals surface area contributed by atoms with Crippen molar-refractivity contribution in [3.63, 3.8) is 0 Å². The first kappa shape index (κ1) is 16.4. The van der Waals surface area contributed by atoms with Crippen molar-refractivity contribution < 1.29 is 9.15 Å². The summed E-state index contributed by atoms with van der Waals surface area (Å²) in [5.41, 5.74) is 3.40. The molecule has 0 bridgehead atoms. The Morgan fingerprint density at radius 1 is 1.04 bits per heavy atom. The molecule has 0 amide bonds. The fourth-order valence-electron chi connectivity index (χ4n) is 2.55. The van der Waals surface area contributed by atoms with Crippen molar-refractivity contribution in [1.29, 1.82) is 0 Å². The number of rotatable bonds is 5. The van der Waals surface area contributed by atoms with E-state index in [9.17, 15) is 0 Å². The SMILES string of the molecule is Clc1ccc2oc(/C=C\c3ccccc3OCc3cccnc3)nc2c1. The third-order valence-corrected chi connectivity index (χ3v) is 4.04. The van der Waals surface area contributed by atoms with E-state index in [0.717, 1.165) is 22.4 Å². The lowest BCUT2D eigenvalue weighted by atomic mass is 10.2. The largest absolute Gasteiger partial charge is 0.488 e. The Labute approximate surface area is 155 Å². The molecule has 0 unspecified atom stereocenters. The van der Waals surface area contributed by atoms with Crippen LogP contribution in [0.4, 0.5) is 0 Å². The maximum absolute atomic E-state index is 5.99. The number of oxazole rings is 1. The van der Waals surface area contributed by atoms with Gasteiger partial charge in [0.2, 0.25) is 5.89 Å². The van der Waals surface area contributed by atoms with Crippen LogP contribution in [0.25, 0.3) is 23.3 Å². The molecule has 26 heavy (non-hydrogen) atoms. The van der Waals surface area contributed by atoms with E-state index in [1.807, 2.05) is 54.6 Å². The van der Waals surface area contributed by atoms with Gasteiger partial charge in [0.1, 0.15) is 17.9 Å². The minimum Gasteiger partial charge on any atom is -0.488 e. The van der Waals surface area contributed by atoms with E-state index in [-0.39, 0.29) is 0 Å². The third-order valence-electron chi connectivity index (χ3n) is 3.81. The zero-order chi connectivity index (χ0) is 17.8. The number of halogens is 1. The summed E-state index contributed by atoms with van der Waals surface area (Å²) in [6.45, 7) is 0.458. The van der Waals surface area contributed by atoms with Gasteiger partial charge in [-0.2, -0.15) is 0 Å². The number of para-hydroxylation sites is 1. The van der Waals surface area contributed by atoms with Gasteiger partial charge in [-0.1, -0.05) is 35.9 Å². The summed E-state index contributed by atoms with van der Waals surface area (Å²) < 4.78 is 11.6. The van der Waals surface area contributed by atoms with Crippen LogP contribution < -0.4 is 4.74 Å². The topological polar surface area (TPSA) is 48.2 Å². The van der Waals surface area contributed by atoms with Crippen molar-refractivity contribution in [3.8, 4) is 5.75 Å². The number of fused-ring (bicyclic) bond motifs is 1. The van der Waals surface area contributed by atoms with E-state index in [2.05, 4.69) is 9.97 Å². The van der Waals surface area contributed by atoms with E-state index in [4.69, 9.17) is 20.8 Å². The van der Waals surface area contributed by atoms with Gasteiger partial charge in [-0.25, -0.2) is 4.98 Å². The second kappa shape index (κ2) is 7.42. The highest BCUT2D eigenvalue weighted by atomic mass is 35.5. The Hall–Kier alpha value is -3.11. The third kappa shape index (κ3) is 3.76. The van der Waals surface area contributed by atoms with Gasteiger partial charge < -0.3 is 9.15 Å². The van der Waals surface area contributed by atoms with Crippen molar-refractivity contribution in [2.75, 3.05) is 0 Å². The molecule has 0 aliphatic carbocycles. The molecule has 0 saturated carbocycles. The molecule has 2 heterocycles. The Morgan fingerprint density at radius 3 is 2.85 bits per heavy atom. The van der Waals surface area contributed by atoms with Gasteiger partial charge in [-0.3, -0.25) is 4.98 Å². The molecule has 0 radical (unpaired) electrons. The highest BCUT2D eigenvalue weighted by Gasteiger charge is 2.05. The van der Waals surface area contributed by atoms with Crippen molar-refractivity contribution in [2.24, 2.45) is 0 Å². The van der Waals surface area contributed by atoms with Crippen LogP contribution in [-0.2, 0) is 6.61 Å². The van der Waals surface area contributed by atoms with Crippen LogP contribution in [-0.4, -0.2) is 9.97 Å². The molecule has 4 rings (SSSR count). The van der Waals surface area contributed by atoms with Crippen LogP contribution in [0.1, 0.15) is 17.0 Å². The van der Waals surface area contributed by atoms with E-state index in [1.165, 1.54) is 0 Å². The normalized spacial score (nSPS) is 11.3. The molecule has 0 N–H and O–H groups in total. The summed E-state index contributed by atoms with van der Waals surface area (Å²) in [6, 6.07) is 17.1. The van der Waals surface area contributed by atoms with Gasteiger partial charge in [-0.05, 0) is 36.4 Å². The van der Waals surface area contributed by atoms with Crippen LogP contribution in [0.5, 0.6) is 5.75 Å². The Kier molecular flexibility index (Phi) is 4.67. The number of hydrogen-bond donors (Lipinski definition) is 0. The molecule has 128 valence electrons. The first-order valence-electron chi connectivity index (χ1n) is 8.13. The molecular formula is C21H15ClN2O2. The highest BCUT2D eigenvalue weighted by Crippen LogP contribution is 2.24. The molecular weight excluding hydrogens is 348 g/mol. The molecule has 0 aliphatic rings. The quantitative estimate of drug-likeness (QED) is 0.462. The molecule has 0 spiro atoms. The zero-order valence-electron chi connectivity index (χ0n) is 13.8. The van der Waals surface area contributed by atoms with Gasteiger partial charge >= 0.3 is 0 Å². The minimum atomic E-state index is 0.458. The molecule has 2 aromatic carbocycles.